The van der Waals surface area contributed by atoms with E-state index < -0.39 is 0 Å². The van der Waals surface area contributed by atoms with Crippen LogP contribution in [0.3, 0.4) is 0 Å². The molecule has 1 aromatic carbocycles. The van der Waals surface area contributed by atoms with Gasteiger partial charge in [0.1, 0.15) is 0 Å². The zero-order valence-corrected chi connectivity index (χ0v) is 13.6. The van der Waals surface area contributed by atoms with Crippen LogP contribution in [-0.2, 0) is 0 Å². The number of fused-ring (bicyclic) bond motifs is 2. The number of thioether (sulfide) groups is 1. The Morgan fingerprint density at radius 2 is 2.14 bits per heavy atom. The molecule has 1 aromatic heterocycles. The summed E-state index contributed by atoms with van der Waals surface area (Å²) in [4.78, 5) is 10.1. The van der Waals surface area contributed by atoms with Crippen molar-refractivity contribution in [2.24, 2.45) is 10.9 Å². The standard InChI is InChI=1S/C17H16N2S2/c1-10-8-13-9-12(4-5-14(13)20-10)15-16(11-2-3-11)21-17-18-6-7-19(15)17/h4-5,8-9,11H,2-3,6-7H2,1H3. The summed E-state index contributed by atoms with van der Waals surface area (Å²) in [6, 6.07) is 9.27. The van der Waals surface area contributed by atoms with Crippen LogP contribution in [0.15, 0.2) is 34.2 Å². The minimum absolute atomic E-state index is 0.790. The Kier molecular flexibility index (Phi) is 2.56. The number of hydrogen-bond acceptors (Lipinski definition) is 4. The molecular formula is C17H16N2S2. The Hall–Kier alpha value is -1.26. The fourth-order valence-electron chi connectivity index (χ4n) is 3.24. The van der Waals surface area contributed by atoms with Crippen molar-refractivity contribution in [3.8, 4) is 0 Å². The lowest BCUT2D eigenvalue weighted by molar-refractivity contribution is 0.645. The highest BCUT2D eigenvalue weighted by Crippen LogP contribution is 2.52. The van der Waals surface area contributed by atoms with E-state index in [1.54, 1.807) is 4.91 Å². The second-order valence-corrected chi connectivity index (χ2v) is 8.31. The van der Waals surface area contributed by atoms with Crippen LogP contribution in [0, 0.1) is 12.8 Å². The van der Waals surface area contributed by atoms with Crippen molar-refractivity contribution in [1.29, 1.82) is 0 Å². The van der Waals surface area contributed by atoms with E-state index >= 15 is 0 Å². The average molecular weight is 312 g/mol. The van der Waals surface area contributed by atoms with E-state index in [0.29, 0.717) is 0 Å². The number of amidine groups is 1. The van der Waals surface area contributed by atoms with Crippen LogP contribution in [0.5, 0.6) is 0 Å². The molecule has 1 aliphatic carbocycles. The van der Waals surface area contributed by atoms with E-state index in [1.807, 2.05) is 23.1 Å². The van der Waals surface area contributed by atoms with Crippen LogP contribution in [0.2, 0.25) is 0 Å². The van der Waals surface area contributed by atoms with Crippen LogP contribution in [-0.4, -0.2) is 23.2 Å². The van der Waals surface area contributed by atoms with Crippen molar-refractivity contribution in [1.82, 2.24) is 4.90 Å². The summed E-state index contributed by atoms with van der Waals surface area (Å²) in [6.45, 7) is 4.19. The summed E-state index contributed by atoms with van der Waals surface area (Å²) in [6.07, 6.45) is 2.71. The number of allylic oxidation sites excluding steroid dienone is 1. The molecule has 0 bridgehead atoms. The lowest BCUT2D eigenvalue weighted by Crippen LogP contribution is -2.20. The van der Waals surface area contributed by atoms with Gasteiger partial charge < -0.3 is 4.90 Å². The summed E-state index contributed by atoms with van der Waals surface area (Å²) in [5.74, 6) is 0.790. The van der Waals surface area contributed by atoms with Crippen molar-refractivity contribution < 1.29 is 0 Å². The molecule has 0 amide bonds. The molecule has 0 radical (unpaired) electrons. The van der Waals surface area contributed by atoms with Crippen molar-refractivity contribution in [2.45, 2.75) is 19.8 Å². The molecule has 0 N–H and O–H groups in total. The molecule has 1 fully saturated rings. The molecule has 0 saturated heterocycles. The first kappa shape index (κ1) is 12.3. The van der Waals surface area contributed by atoms with E-state index in [-0.39, 0.29) is 0 Å². The van der Waals surface area contributed by atoms with E-state index in [1.165, 1.54) is 44.2 Å². The Balaban J connectivity index is 1.68. The van der Waals surface area contributed by atoms with Crippen molar-refractivity contribution in [3.05, 3.63) is 39.6 Å². The number of nitrogens with zero attached hydrogens (tertiary/aromatic N) is 2. The van der Waals surface area contributed by atoms with Gasteiger partial charge in [-0.3, -0.25) is 4.99 Å². The van der Waals surface area contributed by atoms with Crippen molar-refractivity contribution >= 4 is 44.0 Å². The zero-order valence-electron chi connectivity index (χ0n) is 11.9. The van der Waals surface area contributed by atoms with Gasteiger partial charge in [-0.2, -0.15) is 0 Å². The first-order valence-electron chi connectivity index (χ1n) is 7.54. The molecule has 5 rings (SSSR count). The van der Waals surface area contributed by atoms with Gasteiger partial charge >= 0.3 is 0 Å². The second-order valence-electron chi connectivity index (χ2n) is 6.01. The summed E-state index contributed by atoms with van der Waals surface area (Å²) in [5.41, 5.74) is 2.83. The topological polar surface area (TPSA) is 15.6 Å². The van der Waals surface area contributed by atoms with Crippen LogP contribution in [0.1, 0.15) is 23.3 Å². The number of aliphatic imine (C=N–C) groups is 1. The maximum atomic E-state index is 4.67. The Labute approximate surface area is 132 Å². The lowest BCUT2D eigenvalue weighted by Gasteiger charge is -2.17. The third-order valence-corrected chi connectivity index (χ3v) is 6.68. The minimum atomic E-state index is 0.790. The average Bonchev–Trinajstić information content (AvgIpc) is 2.93. The molecule has 2 aliphatic heterocycles. The number of benzene rings is 1. The Bertz CT molecular complexity index is 811. The fraction of sp³-hybridized carbons (Fsp3) is 0.353. The third kappa shape index (κ3) is 1.89. The van der Waals surface area contributed by atoms with Gasteiger partial charge in [0.15, 0.2) is 5.17 Å². The summed E-state index contributed by atoms with van der Waals surface area (Å²) in [5, 5.41) is 2.61. The molecule has 21 heavy (non-hydrogen) atoms. The van der Waals surface area contributed by atoms with Gasteiger partial charge in [-0.1, -0.05) is 17.8 Å². The van der Waals surface area contributed by atoms with Gasteiger partial charge in [0.05, 0.1) is 12.2 Å². The molecule has 3 heterocycles. The van der Waals surface area contributed by atoms with E-state index in [4.69, 9.17) is 0 Å². The van der Waals surface area contributed by atoms with E-state index in [2.05, 4.69) is 41.1 Å². The maximum Gasteiger partial charge on any atom is 0.168 e. The van der Waals surface area contributed by atoms with Gasteiger partial charge in [0, 0.05) is 21.0 Å². The van der Waals surface area contributed by atoms with Crippen LogP contribution >= 0.6 is 23.1 Å². The van der Waals surface area contributed by atoms with Gasteiger partial charge in [-0.05, 0) is 54.8 Å². The smallest absolute Gasteiger partial charge is 0.168 e. The quantitative estimate of drug-likeness (QED) is 0.798. The first-order valence-corrected chi connectivity index (χ1v) is 9.17. The van der Waals surface area contributed by atoms with Gasteiger partial charge in [0.2, 0.25) is 0 Å². The Morgan fingerprint density at radius 3 is 3.00 bits per heavy atom. The monoisotopic (exact) mass is 312 g/mol. The lowest BCUT2D eigenvalue weighted by atomic mass is 10.1. The van der Waals surface area contributed by atoms with Crippen LogP contribution < -0.4 is 0 Å². The van der Waals surface area contributed by atoms with Gasteiger partial charge in [-0.15, -0.1) is 11.3 Å². The normalized spacial score (nSPS) is 21.4. The molecule has 3 aliphatic rings. The molecule has 0 unspecified atom stereocenters. The Morgan fingerprint density at radius 1 is 1.24 bits per heavy atom. The summed E-state index contributed by atoms with van der Waals surface area (Å²) >= 11 is 3.81. The van der Waals surface area contributed by atoms with Crippen LogP contribution in [0.4, 0.5) is 0 Å². The second kappa shape index (κ2) is 4.37. The number of thiophene rings is 1. The highest BCUT2D eigenvalue weighted by atomic mass is 32.2. The maximum absolute atomic E-state index is 4.67. The minimum Gasteiger partial charge on any atom is -0.318 e. The first-order chi connectivity index (χ1) is 10.3. The molecule has 0 atom stereocenters. The molecule has 4 heteroatoms. The molecule has 2 aromatic rings. The molecule has 2 nitrogen and oxygen atoms in total. The number of hydrogen-bond donors (Lipinski definition) is 0. The molecule has 0 spiro atoms. The highest BCUT2D eigenvalue weighted by molar-refractivity contribution is 8.17. The predicted octanol–water partition coefficient (Wildman–Crippen LogP) is 4.71. The summed E-state index contributed by atoms with van der Waals surface area (Å²) < 4.78 is 1.39. The van der Waals surface area contributed by atoms with Gasteiger partial charge in [0.25, 0.3) is 0 Å². The SMILES string of the molecule is Cc1cc2cc(C3=C(C4CC4)SC4=NCCN43)ccc2s1. The third-order valence-electron chi connectivity index (χ3n) is 4.37. The predicted molar refractivity (Wildman–Crippen MR) is 92.8 cm³/mol. The van der Waals surface area contributed by atoms with Crippen molar-refractivity contribution in [3.63, 3.8) is 0 Å². The number of rotatable bonds is 2. The van der Waals surface area contributed by atoms with E-state index in [0.717, 1.165) is 19.0 Å². The fourth-order valence-corrected chi connectivity index (χ4v) is 5.52. The number of aryl methyl sites for hydroxylation is 1. The highest BCUT2D eigenvalue weighted by Gasteiger charge is 2.40. The largest absolute Gasteiger partial charge is 0.318 e. The van der Waals surface area contributed by atoms with Crippen LogP contribution in [0.25, 0.3) is 15.8 Å². The molecule has 1 saturated carbocycles. The molecular weight excluding hydrogens is 296 g/mol. The van der Waals surface area contributed by atoms with Crippen molar-refractivity contribution in [2.75, 3.05) is 13.1 Å². The van der Waals surface area contributed by atoms with Gasteiger partial charge in [-0.25, -0.2) is 0 Å². The zero-order chi connectivity index (χ0) is 14.0. The molecule has 106 valence electrons. The van der Waals surface area contributed by atoms with E-state index in [9.17, 15) is 0 Å². The summed E-state index contributed by atoms with van der Waals surface area (Å²) in [7, 11) is 0.